The summed E-state index contributed by atoms with van der Waals surface area (Å²) in [5.74, 6) is -0.104. The number of ketones is 1. The quantitative estimate of drug-likeness (QED) is 0.747. The topological polar surface area (TPSA) is 56.0 Å². The van der Waals surface area contributed by atoms with Crippen LogP contribution in [0.2, 0.25) is 0 Å². The largest absolute Gasteiger partial charge is 0.315 e. The third kappa shape index (κ3) is 2.32. The normalized spacial score (nSPS) is 13.8. The van der Waals surface area contributed by atoms with Gasteiger partial charge in [0.05, 0.1) is 5.52 Å². The summed E-state index contributed by atoms with van der Waals surface area (Å²) in [5, 5.41) is 0.831. The number of aromatic nitrogens is 1. The minimum atomic E-state index is -1.06. The van der Waals surface area contributed by atoms with E-state index in [1.165, 1.54) is 0 Å². The lowest BCUT2D eigenvalue weighted by Crippen LogP contribution is -2.41. The lowest BCUT2D eigenvalue weighted by molar-refractivity contribution is 0.0901. The Balaban J connectivity index is 2.13. The standard InChI is InChI=1S/C18H16N2O/c1-18(19,13-7-3-2-4-8-13)17(21)15-9-5-11-16-14(15)10-6-12-20-16/h2-12H,19H2,1H3. The average molecular weight is 276 g/mol. The van der Waals surface area contributed by atoms with E-state index >= 15 is 0 Å². The Morgan fingerprint density at radius 2 is 1.76 bits per heavy atom. The Labute approximate surface area is 123 Å². The molecule has 0 aliphatic carbocycles. The van der Waals surface area contributed by atoms with Crippen LogP contribution in [0.1, 0.15) is 22.8 Å². The number of nitrogens with zero attached hydrogens (tertiary/aromatic N) is 1. The van der Waals surface area contributed by atoms with Crippen LogP contribution in [0, 0.1) is 0 Å². The Morgan fingerprint density at radius 1 is 1.00 bits per heavy atom. The Kier molecular flexibility index (Phi) is 3.28. The molecule has 1 atom stereocenters. The van der Waals surface area contributed by atoms with Crippen LogP contribution in [0.5, 0.6) is 0 Å². The summed E-state index contributed by atoms with van der Waals surface area (Å²) < 4.78 is 0. The molecule has 3 heteroatoms. The van der Waals surface area contributed by atoms with Gasteiger partial charge in [0, 0.05) is 17.1 Å². The first-order valence-corrected chi connectivity index (χ1v) is 6.83. The third-order valence-corrected chi connectivity index (χ3v) is 3.74. The molecule has 0 saturated carbocycles. The fraction of sp³-hybridized carbons (Fsp3) is 0.111. The van der Waals surface area contributed by atoms with Crippen LogP contribution >= 0.6 is 0 Å². The Morgan fingerprint density at radius 3 is 2.52 bits per heavy atom. The highest BCUT2D eigenvalue weighted by Crippen LogP contribution is 2.26. The van der Waals surface area contributed by atoms with Crippen molar-refractivity contribution in [3.8, 4) is 0 Å². The molecule has 1 heterocycles. The molecule has 0 aliphatic heterocycles. The van der Waals surface area contributed by atoms with Crippen molar-refractivity contribution in [2.24, 2.45) is 5.73 Å². The molecule has 1 aromatic heterocycles. The molecule has 0 saturated heterocycles. The number of nitrogens with two attached hydrogens (primary N) is 1. The summed E-state index contributed by atoms with van der Waals surface area (Å²) >= 11 is 0. The van der Waals surface area contributed by atoms with Crippen molar-refractivity contribution in [1.82, 2.24) is 4.98 Å². The van der Waals surface area contributed by atoms with Crippen molar-refractivity contribution < 1.29 is 4.79 Å². The first-order valence-electron chi connectivity index (χ1n) is 6.83. The van der Waals surface area contributed by atoms with Crippen molar-refractivity contribution in [3.05, 3.63) is 78.0 Å². The van der Waals surface area contributed by atoms with Crippen LogP contribution in [0.15, 0.2) is 66.9 Å². The highest BCUT2D eigenvalue weighted by Gasteiger charge is 2.32. The van der Waals surface area contributed by atoms with Crippen molar-refractivity contribution in [1.29, 1.82) is 0 Å². The van der Waals surface area contributed by atoms with Gasteiger partial charge in [-0.15, -0.1) is 0 Å². The number of Topliss-reactive ketones (excluding diaryl/α,β-unsaturated/α-hetero) is 1. The van der Waals surface area contributed by atoms with Crippen molar-refractivity contribution >= 4 is 16.7 Å². The average Bonchev–Trinajstić information content (AvgIpc) is 2.54. The number of pyridine rings is 1. The number of hydrogen-bond acceptors (Lipinski definition) is 3. The van der Waals surface area contributed by atoms with E-state index in [9.17, 15) is 4.79 Å². The molecular formula is C18H16N2O. The maximum atomic E-state index is 12.9. The van der Waals surface area contributed by atoms with Crippen LogP contribution < -0.4 is 5.73 Å². The second kappa shape index (κ2) is 5.11. The summed E-state index contributed by atoms with van der Waals surface area (Å²) in [5.41, 5.74) is 7.48. The molecule has 104 valence electrons. The van der Waals surface area contributed by atoms with Gasteiger partial charge < -0.3 is 5.73 Å². The molecule has 0 bridgehead atoms. The van der Waals surface area contributed by atoms with Crippen LogP contribution in [0.3, 0.4) is 0 Å². The highest BCUT2D eigenvalue weighted by molar-refractivity contribution is 6.11. The fourth-order valence-electron chi connectivity index (χ4n) is 2.50. The van der Waals surface area contributed by atoms with E-state index in [2.05, 4.69) is 4.98 Å². The predicted molar refractivity (Wildman–Crippen MR) is 84.1 cm³/mol. The van der Waals surface area contributed by atoms with Crippen LogP contribution in [0.4, 0.5) is 0 Å². The summed E-state index contributed by atoms with van der Waals surface area (Å²) in [6, 6.07) is 18.7. The number of benzene rings is 2. The predicted octanol–water partition coefficient (Wildman–Crippen LogP) is 3.29. The molecule has 3 rings (SSSR count). The van der Waals surface area contributed by atoms with E-state index in [1.807, 2.05) is 54.6 Å². The maximum absolute atomic E-state index is 12.9. The zero-order valence-corrected chi connectivity index (χ0v) is 11.8. The SMILES string of the molecule is CC(N)(C(=O)c1cccc2ncccc12)c1ccccc1. The number of rotatable bonds is 3. The second-order valence-electron chi connectivity index (χ2n) is 5.27. The van der Waals surface area contributed by atoms with Crippen LogP contribution in [-0.2, 0) is 5.54 Å². The highest BCUT2D eigenvalue weighted by atomic mass is 16.1. The number of carbonyl (C=O) groups is 1. The van der Waals surface area contributed by atoms with Crippen molar-refractivity contribution in [3.63, 3.8) is 0 Å². The van der Waals surface area contributed by atoms with E-state index in [0.29, 0.717) is 5.56 Å². The molecule has 0 fully saturated rings. The summed E-state index contributed by atoms with van der Waals surface area (Å²) in [6.45, 7) is 1.75. The van der Waals surface area contributed by atoms with Gasteiger partial charge in [-0.3, -0.25) is 9.78 Å². The Hall–Kier alpha value is -2.52. The molecular weight excluding hydrogens is 260 g/mol. The van der Waals surface area contributed by atoms with Gasteiger partial charge in [-0.2, -0.15) is 0 Å². The molecule has 1 unspecified atom stereocenters. The minimum Gasteiger partial charge on any atom is -0.315 e. The summed E-state index contributed by atoms with van der Waals surface area (Å²) in [7, 11) is 0. The molecule has 3 aromatic rings. The first kappa shape index (κ1) is 13.5. The van der Waals surface area contributed by atoms with Gasteiger partial charge in [0.2, 0.25) is 0 Å². The molecule has 0 radical (unpaired) electrons. The molecule has 21 heavy (non-hydrogen) atoms. The second-order valence-corrected chi connectivity index (χ2v) is 5.27. The number of fused-ring (bicyclic) bond motifs is 1. The molecule has 0 aliphatic rings. The van der Waals surface area contributed by atoms with Crippen molar-refractivity contribution in [2.45, 2.75) is 12.5 Å². The van der Waals surface area contributed by atoms with Crippen LogP contribution in [-0.4, -0.2) is 10.8 Å². The lowest BCUT2D eigenvalue weighted by atomic mass is 9.84. The smallest absolute Gasteiger partial charge is 0.187 e. The lowest BCUT2D eigenvalue weighted by Gasteiger charge is -2.24. The maximum Gasteiger partial charge on any atom is 0.187 e. The van der Waals surface area contributed by atoms with E-state index in [0.717, 1.165) is 16.5 Å². The molecule has 3 nitrogen and oxygen atoms in total. The number of hydrogen-bond donors (Lipinski definition) is 1. The molecule has 2 aromatic carbocycles. The molecule has 2 N–H and O–H groups in total. The first-order chi connectivity index (χ1) is 10.1. The van der Waals surface area contributed by atoms with Gasteiger partial charge >= 0.3 is 0 Å². The zero-order chi connectivity index (χ0) is 14.9. The van der Waals surface area contributed by atoms with E-state index < -0.39 is 5.54 Å². The molecule has 0 amide bonds. The van der Waals surface area contributed by atoms with Gasteiger partial charge in [0.15, 0.2) is 5.78 Å². The van der Waals surface area contributed by atoms with Crippen molar-refractivity contribution in [2.75, 3.05) is 0 Å². The molecule has 0 spiro atoms. The zero-order valence-electron chi connectivity index (χ0n) is 11.8. The van der Waals surface area contributed by atoms with Gasteiger partial charge in [-0.25, -0.2) is 0 Å². The summed E-state index contributed by atoms with van der Waals surface area (Å²) in [6.07, 6.45) is 1.72. The third-order valence-electron chi connectivity index (χ3n) is 3.74. The van der Waals surface area contributed by atoms with Gasteiger partial charge in [0.25, 0.3) is 0 Å². The minimum absolute atomic E-state index is 0.104. The van der Waals surface area contributed by atoms with Gasteiger partial charge in [-0.05, 0) is 24.6 Å². The van der Waals surface area contributed by atoms with Gasteiger partial charge in [0.1, 0.15) is 5.54 Å². The van der Waals surface area contributed by atoms with E-state index in [-0.39, 0.29) is 5.78 Å². The summed E-state index contributed by atoms with van der Waals surface area (Å²) in [4.78, 5) is 17.2. The van der Waals surface area contributed by atoms with E-state index in [1.54, 1.807) is 19.2 Å². The number of carbonyl (C=O) groups excluding carboxylic acids is 1. The Bertz CT molecular complexity index is 789. The van der Waals surface area contributed by atoms with Gasteiger partial charge in [-0.1, -0.05) is 48.5 Å². The fourth-order valence-corrected chi connectivity index (χ4v) is 2.50. The monoisotopic (exact) mass is 276 g/mol. The van der Waals surface area contributed by atoms with Crippen LogP contribution in [0.25, 0.3) is 10.9 Å². The van der Waals surface area contributed by atoms with E-state index in [4.69, 9.17) is 5.73 Å².